The molecular weight excluding hydrogens is 514 g/mol. The molecule has 40 heavy (non-hydrogen) atoms. The molecule has 2 atom stereocenters. The van der Waals surface area contributed by atoms with Crippen LogP contribution in [-0.4, -0.2) is 59.2 Å². The predicted octanol–water partition coefficient (Wildman–Crippen LogP) is 7.34. The SMILES string of the molecule is C=Nc1cc(-c2ccc(CC3CCCCN(C(=C)C(C)C)CC3)nc2)sc1C(=N)N(C)[C@H](CO)c1ccccc1. The normalized spacial score (nSPS) is 16.7. The van der Waals surface area contributed by atoms with Crippen molar-refractivity contribution in [2.45, 2.75) is 52.0 Å². The number of likely N-dealkylation sites (tertiary alicyclic amines) is 1. The van der Waals surface area contributed by atoms with Crippen molar-refractivity contribution in [2.24, 2.45) is 16.8 Å². The fraction of sp³-hybridized carbons (Fsp3) is 0.424. The number of aliphatic hydroxyl groups excluding tert-OH is 1. The van der Waals surface area contributed by atoms with Crippen LogP contribution in [0.1, 0.15) is 61.7 Å². The van der Waals surface area contributed by atoms with E-state index < -0.39 is 0 Å². The predicted molar refractivity (Wildman–Crippen MR) is 169 cm³/mol. The summed E-state index contributed by atoms with van der Waals surface area (Å²) in [6.45, 7) is 14.7. The second kappa shape index (κ2) is 13.9. The van der Waals surface area contributed by atoms with Crippen LogP contribution in [0.3, 0.4) is 0 Å². The maximum atomic E-state index is 10.1. The molecule has 0 aliphatic carbocycles. The molecule has 1 saturated heterocycles. The van der Waals surface area contributed by atoms with Crippen molar-refractivity contribution in [3.05, 3.63) is 83.1 Å². The Labute approximate surface area is 243 Å². The van der Waals surface area contributed by atoms with E-state index in [9.17, 15) is 5.11 Å². The molecule has 212 valence electrons. The smallest absolute Gasteiger partial charge is 0.140 e. The van der Waals surface area contributed by atoms with E-state index in [-0.39, 0.29) is 12.6 Å². The molecule has 3 aromatic rings. The number of benzene rings is 1. The third-order valence-electron chi connectivity index (χ3n) is 8.05. The molecule has 2 N–H and O–H groups in total. The molecule has 2 aromatic heterocycles. The van der Waals surface area contributed by atoms with Gasteiger partial charge < -0.3 is 14.9 Å². The van der Waals surface area contributed by atoms with Crippen LogP contribution in [0.4, 0.5) is 5.69 Å². The lowest BCUT2D eigenvalue weighted by molar-refractivity contribution is 0.198. The van der Waals surface area contributed by atoms with Gasteiger partial charge in [0.1, 0.15) is 5.84 Å². The minimum absolute atomic E-state index is 0.0884. The summed E-state index contributed by atoms with van der Waals surface area (Å²) in [6, 6.07) is 15.7. The number of pyridine rings is 1. The molecule has 1 unspecified atom stereocenters. The number of likely N-dealkylation sites (N-methyl/N-ethyl adjacent to an activating group) is 1. The minimum Gasteiger partial charge on any atom is -0.394 e. The molecule has 0 radical (unpaired) electrons. The van der Waals surface area contributed by atoms with Crippen molar-refractivity contribution in [3.8, 4) is 10.4 Å². The number of rotatable bonds is 10. The van der Waals surface area contributed by atoms with Gasteiger partial charge in [0.15, 0.2) is 0 Å². The first-order valence-electron chi connectivity index (χ1n) is 14.3. The summed E-state index contributed by atoms with van der Waals surface area (Å²) in [6.07, 6.45) is 7.84. The maximum absolute atomic E-state index is 10.1. The zero-order valence-electron chi connectivity index (χ0n) is 24.1. The fourth-order valence-corrected chi connectivity index (χ4v) is 6.52. The molecule has 1 aromatic carbocycles. The van der Waals surface area contributed by atoms with Crippen LogP contribution >= 0.6 is 11.3 Å². The highest BCUT2D eigenvalue weighted by molar-refractivity contribution is 7.18. The van der Waals surface area contributed by atoms with Crippen molar-refractivity contribution in [1.82, 2.24) is 14.8 Å². The van der Waals surface area contributed by atoms with E-state index in [1.165, 1.54) is 42.7 Å². The Balaban J connectivity index is 1.45. The highest BCUT2D eigenvalue weighted by atomic mass is 32.1. The van der Waals surface area contributed by atoms with Crippen LogP contribution in [0.5, 0.6) is 0 Å². The van der Waals surface area contributed by atoms with E-state index in [0.717, 1.165) is 46.1 Å². The molecule has 0 amide bonds. The average Bonchev–Trinajstić information content (AvgIpc) is 3.40. The number of allylic oxidation sites excluding steroid dienone is 1. The zero-order chi connectivity index (χ0) is 28.6. The second-order valence-corrected chi connectivity index (χ2v) is 12.1. The third-order valence-corrected chi connectivity index (χ3v) is 9.23. The summed E-state index contributed by atoms with van der Waals surface area (Å²) >= 11 is 1.51. The molecule has 1 aliphatic rings. The molecule has 1 aliphatic heterocycles. The summed E-state index contributed by atoms with van der Waals surface area (Å²) < 4.78 is 0. The van der Waals surface area contributed by atoms with Gasteiger partial charge in [0.2, 0.25) is 0 Å². The number of hydrogen-bond donors (Lipinski definition) is 2. The van der Waals surface area contributed by atoms with Crippen LogP contribution in [-0.2, 0) is 6.42 Å². The second-order valence-electron chi connectivity index (χ2n) is 11.1. The van der Waals surface area contributed by atoms with Crippen LogP contribution in [0, 0.1) is 17.2 Å². The largest absolute Gasteiger partial charge is 0.394 e. The Morgan fingerprint density at radius 2 is 1.95 bits per heavy atom. The van der Waals surface area contributed by atoms with Gasteiger partial charge in [-0.05, 0) is 61.9 Å². The van der Waals surface area contributed by atoms with Gasteiger partial charge in [-0.2, -0.15) is 0 Å². The lowest BCUT2D eigenvalue weighted by atomic mass is 9.91. The first-order valence-corrected chi connectivity index (χ1v) is 15.1. The number of aromatic nitrogens is 1. The lowest BCUT2D eigenvalue weighted by Gasteiger charge is -2.33. The Bertz CT molecular complexity index is 1280. The average molecular weight is 558 g/mol. The quantitative estimate of drug-likeness (QED) is 0.202. The number of thiophene rings is 1. The van der Waals surface area contributed by atoms with Gasteiger partial charge in [0.25, 0.3) is 0 Å². The van der Waals surface area contributed by atoms with E-state index in [1.54, 1.807) is 4.90 Å². The summed E-state index contributed by atoms with van der Waals surface area (Å²) in [5.41, 5.74) is 5.04. The van der Waals surface area contributed by atoms with Gasteiger partial charge in [-0.15, -0.1) is 11.3 Å². The van der Waals surface area contributed by atoms with E-state index in [2.05, 4.69) is 49.2 Å². The van der Waals surface area contributed by atoms with Gasteiger partial charge >= 0.3 is 0 Å². The topological polar surface area (TPSA) is 75.8 Å². The van der Waals surface area contributed by atoms with Crippen molar-refractivity contribution < 1.29 is 5.11 Å². The molecule has 0 bridgehead atoms. The molecule has 6 nitrogen and oxygen atoms in total. The highest BCUT2D eigenvalue weighted by Crippen LogP contribution is 2.38. The van der Waals surface area contributed by atoms with Crippen LogP contribution in [0.2, 0.25) is 0 Å². The molecule has 4 rings (SSSR count). The van der Waals surface area contributed by atoms with E-state index in [1.807, 2.05) is 49.6 Å². The Hall–Kier alpha value is -3.29. The molecule has 0 saturated carbocycles. The monoisotopic (exact) mass is 557 g/mol. The molecular formula is C33H43N5OS. The Morgan fingerprint density at radius 1 is 1.18 bits per heavy atom. The fourth-order valence-electron chi connectivity index (χ4n) is 5.43. The van der Waals surface area contributed by atoms with Crippen molar-refractivity contribution in [3.63, 3.8) is 0 Å². The van der Waals surface area contributed by atoms with Crippen molar-refractivity contribution in [2.75, 3.05) is 26.7 Å². The van der Waals surface area contributed by atoms with E-state index in [4.69, 9.17) is 10.4 Å². The Morgan fingerprint density at radius 3 is 2.60 bits per heavy atom. The number of amidine groups is 1. The van der Waals surface area contributed by atoms with Crippen molar-refractivity contribution >= 4 is 29.6 Å². The van der Waals surface area contributed by atoms with Crippen LogP contribution < -0.4 is 0 Å². The van der Waals surface area contributed by atoms with E-state index in [0.29, 0.717) is 23.4 Å². The Kier molecular flexibility index (Phi) is 10.3. The molecule has 0 spiro atoms. The molecule has 1 fully saturated rings. The van der Waals surface area contributed by atoms with Crippen molar-refractivity contribution in [1.29, 1.82) is 5.41 Å². The number of aliphatic hydroxyl groups is 1. The van der Waals surface area contributed by atoms with Gasteiger partial charge in [0.05, 0.1) is 23.2 Å². The number of aliphatic imine (C=N–C) groups is 1. The van der Waals surface area contributed by atoms with Crippen LogP contribution in [0.25, 0.3) is 10.4 Å². The van der Waals surface area contributed by atoms with Crippen LogP contribution in [0.15, 0.2) is 72.0 Å². The maximum Gasteiger partial charge on any atom is 0.140 e. The highest BCUT2D eigenvalue weighted by Gasteiger charge is 2.24. The minimum atomic E-state index is -0.318. The van der Waals surface area contributed by atoms with Gasteiger partial charge in [0, 0.05) is 48.2 Å². The summed E-state index contributed by atoms with van der Waals surface area (Å²) in [4.78, 5) is 15.1. The number of nitrogens with one attached hydrogen (secondary N) is 1. The lowest BCUT2D eigenvalue weighted by Crippen LogP contribution is -2.32. The standard InChI is InChI=1S/C33H43N5OS/c1-23(2)24(3)38-17-10-9-11-25(16-18-38)19-28-15-14-27(21-36-28)31-20-29(35-4)32(40-31)33(34)37(5)30(22-39)26-12-7-6-8-13-26/h6-8,12-15,20-21,23,25,30,34,39H,3-4,9-11,16-19,22H2,1-2,5H3/t25?,30-/m1/s1. The van der Waals surface area contributed by atoms with Gasteiger partial charge in [-0.3, -0.25) is 15.4 Å². The first kappa shape index (κ1) is 29.7. The summed E-state index contributed by atoms with van der Waals surface area (Å²) in [5.74, 6) is 1.43. The number of hydrogen-bond acceptors (Lipinski definition) is 6. The third kappa shape index (κ3) is 7.07. The summed E-state index contributed by atoms with van der Waals surface area (Å²) in [7, 11) is 1.84. The van der Waals surface area contributed by atoms with E-state index >= 15 is 0 Å². The van der Waals surface area contributed by atoms with Gasteiger partial charge in [-0.25, -0.2) is 0 Å². The summed E-state index contributed by atoms with van der Waals surface area (Å²) in [5, 5.41) is 19.0. The number of nitrogens with zero attached hydrogens (tertiary/aromatic N) is 4. The first-order chi connectivity index (χ1) is 19.3. The zero-order valence-corrected chi connectivity index (χ0v) is 25.0. The van der Waals surface area contributed by atoms with Gasteiger partial charge in [-0.1, -0.05) is 63.2 Å². The molecule has 3 heterocycles. The molecule has 7 heteroatoms.